The van der Waals surface area contributed by atoms with Gasteiger partial charge in [0.25, 0.3) is 10.1 Å². The van der Waals surface area contributed by atoms with Gasteiger partial charge in [0.1, 0.15) is 0 Å². The summed E-state index contributed by atoms with van der Waals surface area (Å²) in [4.78, 5) is 10.7. The van der Waals surface area contributed by atoms with Gasteiger partial charge >= 0.3 is 107 Å². The van der Waals surface area contributed by atoms with E-state index in [4.69, 9.17) is 5.11 Å². The average Bonchev–Trinajstić information content (AvgIpc) is 2.46. The molecule has 0 aliphatic heterocycles. The third kappa shape index (κ3) is 22.8. The number of carbonyl (C=O) groups is 1. The molecule has 0 unspecified atom stereocenters. The molecule has 128 valence electrons. The summed E-state index contributed by atoms with van der Waals surface area (Å²) in [5.74, 6) is -0.104. The van der Waals surface area contributed by atoms with Crippen LogP contribution in [0.3, 0.4) is 0 Å². The van der Waals surface area contributed by atoms with Crippen molar-refractivity contribution < 1.29 is 22.5 Å². The van der Waals surface area contributed by atoms with Crippen molar-refractivity contribution in [3.63, 3.8) is 0 Å². The van der Waals surface area contributed by atoms with E-state index in [9.17, 15) is 13.2 Å². The van der Waals surface area contributed by atoms with Gasteiger partial charge < -0.3 is 5.11 Å². The van der Waals surface area contributed by atoms with Crippen LogP contribution in [0.2, 0.25) is 0 Å². The molecule has 0 bridgehead atoms. The van der Waals surface area contributed by atoms with E-state index in [0.29, 0.717) is 3.03 Å². The molecule has 0 aromatic heterocycles. The summed E-state index contributed by atoms with van der Waals surface area (Å²) in [5, 5.41) is 7.93. The molecule has 1 N–H and O–H groups in total. The van der Waals surface area contributed by atoms with E-state index in [1.165, 1.54) is 58.3 Å². The van der Waals surface area contributed by atoms with Gasteiger partial charge in [0.15, 0.2) is 6.79 Å². The maximum Gasteiger partial charge on any atom is 0.269 e. The van der Waals surface area contributed by atoms with E-state index in [1.807, 2.05) is 0 Å². The minimum absolute atomic E-state index is 0.104. The van der Waals surface area contributed by atoms with Gasteiger partial charge in [-0.3, -0.25) is 0 Å². The van der Waals surface area contributed by atoms with Gasteiger partial charge in [-0.1, -0.05) is 0 Å². The molecule has 22 heavy (non-hydrogen) atoms. The Morgan fingerprint density at radius 1 is 0.955 bits per heavy atom. The molecule has 0 saturated carbocycles. The number of carbonyl (C=O) groups excluding carboxylic acids is 1. The topological polar surface area (TPSA) is 80.7 Å². The Bertz CT molecular complexity index is 344. The summed E-state index contributed by atoms with van der Waals surface area (Å²) in [6, 6.07) is 0. The number of hydrogen-bond acceptors (Lipinski definition) is 5. The third-order valence-electron chi connectivity index (χ3n) is 3.22. The predicted octanol–water partition coefficient (Wildman–Crippen LogP) is 2.90. The molecule has 0 rings (SSSR count). The summed E-state index contributed by atoms with van der Waals surface area (Å²) >= 11 is 0.751. The predicted molar refractivity (Wildman–Crippen MR) is 90.2 cm³/mol. The van der Waals surface area contributed by atoms with Crippen LogP contribution >= 0.6 is 0 Å². The maximum absolute atomic E-state index is 10.7. The SMILES string of the molecule is CCCCCCCCCCC[C](=O)[Na].CCS(=O)(=O)OCO. The van der Waals surface area contributed by atoms with E-state index in [-0.39, 0.29) is 5.75 Å². The van der Waals surface area contributed by atoms with Crippen molar-refractivity contribution in [2.75, 3.05) is 12.5 Å². The molecular formula is C15H31NaO5S. The fourth-order valence-electron chi connectivity index (χ4n) is 1.85. The molecule has 0 radical (unpaired) electrons. The minimum atomic E-state index is -3.42. The van der Waals surface area contributed by atoms with Crippen molar-refractivity contribution in [2.24, 2.45) is 0 Å². The van der Waals surface area contributed by atoms with E-state index < -0.39 is 16.9 Å². The largest absolute Gasteiger partial charge is 0.369 e. The summed E-state index contributed by atoms with van der Waals surface area (Å²) in [5.41, 5.74) is 0. The maximum atomic E-state index is 10.7. The van der Waals surface area contributed by atoms with Gasteiger partial charge in [0.2, 0.25) is 0 Å². The van der Waals surface area contributed by atoms with Crippen LogP contribution < -0.4 is 0 Å². The standard InChI is InChI=1S/C12H23O.C3H8O4S.Na/c1-2-3-4-5-6-7-8-9-10-11-12-13;1-2-8(5,6)7-3-4;/h2-11H2,1H3;4H,2-3H2,1H3;. The first-order valence-electron chi connectivity index (χ1n) is 8.37. The second-order valence-electron chi connectivity index (χ2n) is 5.37. The number of unbranched alkanes of at least 4 members (excludes halogenated alkanes) is 8. The second-order valence-corrected chi connectivity index (χ2v) is 8.42. The van der Waals surface area contributed by atoms with Gasteiger partial charge in [0.05, 0.1) is 5.75 Å². The van der Waals surface area contributed by atoms with Gasteiger partial charge in [0, 0.05) is 0 Å². The van der Waals surface area contributed by atoms with Crippen LogP contribution in [0.4, 0.5) is 0 Å². The molecule has 0 aromatic rings. The quantitative estimate of drug-likeness (QED) is 0.240. The van der Waals surface area contributed by atoms with Gasteiger partial charge in [-0.25, -0.2) is 4.18 Å². The third-order valence-corrected chi connectivity index (χ3v) is 4.89. The number of aliphatic hydroxyl groups excluding tert-OH is 1. The van der Waals surface area contributed by atoms with Crippen molar-refractivity contribution >= 4 is 41.1 Å². The van der Waals surface area contributed by atoms with Crippen molar-refractivity contribution in [1.29, 1.82) is 0 Å². The Balaban J connectivity index is 0. The molecule has 0 aromatic carbocycles. The smallest absolute Gasteiger partial charge is 0.269 e. The van der Waals surface area contributed by atoms with E-state index in [0.717, 1.165) is 40.8 Å². The molecule has 0 spiro atoms. The van der Waals surface area contributed by atoms with Gasteiger partial charge in [-0.15, -0.1) is 0 Å². The fraction of sp³-hybridized carbons (Fsp3) is 0.933. The monoisotopic (exact) mass is 346 g/mol. The minimum Gasteiger partial charge on any atom is -0.369 e. The van der Waals surface area contributed by atoms with Crippen molar-refractivity contribution in [1.82, 2.24) is 0 Å². The van der Waals surface area contributed by atoms with Crippen LogP contribution in [0.15, 0.2) is 0 Å². The van der Waals surface area contributed by atoms with Crippen molar-refractivity contribution in [3.8, 4) is 0 Å². The molecule has 0 aliphatic carbocycles. The van der Waals surface area contributed by atoms with E-state index in [1.54, 1.807) is 0 Å². The summed E-state index contributed by atoms with van der Waals surface area (Å²) in [6.45, 7) is 2.92. The molecule has 0 aliphatic rings. The van der Waals surface area contributed by atoms with Crippen molar-refractivity contribution in [3.05, 3.63) is 0 Å². The molecule has 0 amide bonds. The van der Waals surface area contributed by atoms with Gasteiger partial charge in [-0.2, -0.15) is 8.42 Å². The summed E-state index contributed by atoms with van der Waals surface area (Å²) in [7, 11) is -3.42. The van der Waals surface area contributed by atoms with E-state index in [2.05, 4.69) is 11.1 Å². The zero-order chi connectivity index (χ0) is 17.3. The molecule has 7 heteroatoms. The molecular weight excluding hydrogens is 315 g/mol. The molecule has 5 nitrogen and oxygen atoms in total. The first-order valence-corrected chi connectivity index (χ1v) is 10.9. The second kappa shape index (κ2) is 17.9. The van der Waals surface area contributed by atoms with Crippen LogP contribution in [-0.4, -0.2) is 57.0 Å². The first kappa shape index (κ1) is 24.8. The first-order chi connectivity index (χ1) is 10.4. The van der Waals surface area contributed by atoms with Crippen LogP contribution in [-0.2, 0) is 19.1 Å². The van der Waals surface area contributed by atoms with Crippen LogP contribution in [0.25, 0.3) is 0 Å². The normalized spacial score (nSPS) is 11.0. The molecule has 0 saturated heterocycles. The summed E-state index contributed by atoms with van der Waals surface area (Å²) in [6.07, 6.45) is 12.9. The Hall–Kier alpha value is 0.540. The zero-order valence-corrected chi connectivity index (χ0v) is 17.3. The Kier molecular flexibility index (Phi) is 20.2. The average molecular weight is 346 g/mol. The van der Waals surface area contributed by atoms with Gasteiger partial charge in [-0.05, 0) is 6.92 Å². The number of hydrogen-bond donors (Lipinski definition) is 1. The Labute approximate surface area is 153 Å². The molecule has 0 fully saturated rings. The summed E-state index contributed by atoms with van der Waals surface area (Å²) < 4.78 is 24.8. The zero-order valence-electron chi connectivity index (χ0n) is 14.5. The molecule has 0 atom stereocenters. The van der Waals surface area contributed by atoms with E-state index >= 15 is 0 Å². The Morgan fingerprint density at radius 3 is 1.73 bits per heavy atom. The number of rotatable bonds is 13. The fourth-order valence-corrected chi connectivity index (χ4v) is 2.53. The van der Waals surface area contributed by atoms with Crippen LogP contribution in [0, 0.1) is 0 Å². The Morgan fingerprint density at radius 2 is 1.41 bits per heavy atom. The van der Waals surface area contributed by atoms with Crippen LogP contribution in [0.5, 0.6) is 0 Å². The van der Waals surface area contributed by atoms with Crippen LogP contribution in [0.1, 0.15) is 78.1 Å². The molecule has 0 heterocycles. The number of aliphatic hydroxyl groups is 1. The van der Waals surface area contributed by atoms with Crippen molar-refractivity contribution in [2.45, 2.75) is 78.1 Å².